The molecule has 1 N–H and O–H groups in total. The molecule has 0 aliphatic heterocycles. The van der Waals surface area contributed by atoms with E-state index in [2.05, 4.69) is 19.2 Å². The van der Waals surface area contributed by atoms with Crippen LogP contribution < -0.4 is 10.1 Å². The number of benzene rings is 1. The molecular formula is C11H17NO. The van der Waals surface area contributed by atoms with Crippen molar-refractivity contribution < 1.29 is 4.74 Å². The molecular weight excluding hydrogens is 162 g/mol. The zero-order chi connectivity index (χ0) is 9.68. The zero-order valence-electron chi connectivity index (χ0n) is 8.50. The Bertz CT molecular complexity index is 243. The summed E-state index contributed by atoms with van der Waals surface area (Å²) in [6, 6.07) is 8.51. The van der Waals surface area contributed by atoms with E-state index in [0.29, 0.717) is 6.04 Å². The standard InChI is InChI=1S/C11H17NO/c1-4-9(2)12-10-5-7-11(13-3)8-6-10/h5-9,12H,4H2,1-3H3/t9-/m0/s1. The number of nitrogens with one attached hydrogen (secondary N) is 1. The van der Waals surface area contributed by atoms with E-state index in [9.17, 15) is 0 Å². The molecule has 1 rings (SSSR count). The summed E-state index contributed by atoms with van der Waals surface area (Å²) in [5, 5.41) is 3.39. The van der Waals surface area contributed by atoms with E-state index < -0.39 is 0 Å². The SMILES string of the molecule is CC[C@H](C)Nc1ccc(OC)cc1. The van der Waals surface area contributed by atoms with Gasteiger partial charge in [0.15, 0.2) is 0 Å². The molecule has 0 fully saturated rings. The Morgan fingerprint density at radius 3 is 2.38 bits per heavy atom. The molecule has 0 aliphatic rings. The van der Waals surface area contributed by atoms with Gasteiger partial charge in [0.05, 0.1) is 7.11 Å². The van der Waals surface area contributed by atoms with Gasteiger partial charge in [-0.2, -0.15) is 0 Å². The Kier molecular flexibility index (Phi) is 3.62. The fourth-order valence-electron chi connectivity index (χ4n) is 1.07. The number of hydrogen-bond acceptors (Lipinski definition) is 2. The number of ether oxygens (including phenoxy) is 1. The van der Waals surface area contributed by atoms with Gasteiger partial charge in [0.1, 0.15) is 5.75 Å². The van der Waals surface area contributed by atoms with E-state index in [-0.39, 0.29) is 0 Å². The minimum Gasteiger partial charge on any atom is -0.497 e. The zero-order valence-corrected chi connectivity index (χ0v) is 8.50. The molecule has 0 radical (unpaired) electrons. The summed E-state index contributed by atoms with van der Waals surface area (Å²) in [7, 11) is 1.68. The van der Waals surface area contributed by atoms with Crippen molar-refractivity contribution in [2.75, 3.05) is 12.4 Å². The number of hydrogen-bond donors (Lipinski definition) is 1. The fraction of sp³-hybridized carbons (Fsp3) is 0.455. The molecule has 0 saturated heterocycles. The third kappa shape index (κ3) is 2.98. The predicted octanol–water partition coefficient (Wildman–Crippen LogP) is 2.91. The summed E-state index contributed by atoms with van der Waals surface area (Å²) in [5.74, 6) is 0.898. The van der Waals surface area contributed by atoms with Crippen LogP contribution in [0.3, 0.4) is 0 Å². The minimum atomic E-state index is 0.522. The van der Waals surface area contributed by atoms with Crippen LogP contribution in [-0.2, 0) is 0 Å². The van der Waals surface area contributed by atoms with Crippen LogP contribution in [0.1, 0.15) is 20.3 Å². The normalized spacial score (nSPS) is 12.2. The summed E-state index contributed by atoms with van der Waals surface area (Å²) in [5.41, 5.74) is 1.15. The molecule has 0 aliphatic carbocycles. The van der Waals surface area contributed by atoms with Gasteiger partial charge in [0.25, 0.3) is 0 Å². The van der Waals surface area contributed by atoms with Crippen molar-refractivity contribution >= 4 is 5.69 Å². The first kappa shape index (κ1) is 9.90. The second-order valence-electron chi connectivity index (χ2n) is 3.18. The Morgan fingerprint density at radius 1 is 1.31 bits per heavy atom. The van der Waals surface area contributed by atoms with Crippen LogP contribution in [0.15, 0.2) is 24.3 Å². The van der Waals surface area contributed by atoms with Crippen molar-refractivity contribution in [2.24, 2.45) is 0 Å². The lowest BCUT2D eigenvalue weighted by atomic mass is 10.2. The van der Waals surface area contributed by atoms with Crippen molar-refractivity contribution in [3.05, 3.63) is 24.3 Å². The molecule has 1 aromatic rings. The van der Waals surface area contributed by atoms with Crippen LogP contribution in [-0.4, -0.2) is 13.2 Å². The maximum absolute atomic E-state index is 5.07. The van der Waals surface area contributed by atoms with E-state index in [4.69, 9.17) is 4.74 Å². The highest BCUT2D eigenvalue weighted by Crippen LogP contribution is 2.15. The lowest BCUT2D eigenvalue weighted by molar-refractivity contribution is 0.415. The molecule has 0 bridgehead atoms. The van der Waals surface area contributed by atoms with E-state index in [1.807, 2.05) is 24.3 Å². The highest BCUT2D eigenvalue weighted by atomic mass is 16.5. The van der Waals surface area contributed by atoms with Crippen molar-refractivity contribution in [2.45, 2.75) is 26.3 Å². The molecule has 1 aromatic carbocycles. The molecule has 72 valence electrons. The Labute approximate surface area is 79.9 Å². The summed E-state index contributed by atoms with van der Waals surface area (Å²) >= 11 is 0. The molecule has 0 spiro atoms. The first-order chi connectivity index (χ1) is 6.26. The van der Waals surface area contributed by atoms with Gasteiger partial charge in [-0.05, 0) is 37.6 Å². The van der Waals surface area contributed by atoms with Gasteiger partial charge in [-0.15, -0.1) is 0 Å². The van der Waals surface area contributed by atoms with Crippen molar-refractivity contribution in [1.82, 2.24) is 0 Å². The van der Waals surface area contributed by atoms with Crippen molar-refractivity contribution in [3.8, 4) is 5.75 Å². The van der Waals surface area contributed by atoms with Crippen molar-refractivity contribution in [3.63, 3.8) is 0 Å². The van der Waals surface area contributed by atoms with Crippen LogP contribution in [0.2, 0.25) is 0 Å². The molecule has 0 amide bonds. The molecule has 0 aromatic heterocycles. The summed E-state index contributed by atoms with van der Waals surface area (Å²) in [4.78, 5) is 0. The van der Waals surface area contributed by atoms with Gasteiger partial charge in [-0.1, -0.05) is 6.92 Å². The molecule has 0 saturated carbocycles. The Balaban J connectivity index is 2.58. The minimum absolute atomic E-state index is 0.522. The first-order valence-electron chi connectivity index (χ1n) is 4.67. The maximum atomic E-state index is 5.07. The average Bonchev–Trinajstić information content (AvgIpc) is 2.19. The van der Waals surface area contributed by atoms with E-state index in [1.165, 1.54) is 0 Å². The number of rotatable bonds is 4. The monoisotopic (exact) mass is 179 g/mol. The van der Waals surface area contributed by atoms with Gasteiger partial charge < -0.3 is 10.1 Å². The average molecular weight is 179 g/mol. The Morgan fingerprint density at radius 2 is 1.92 bits per heavy atom. The van der Waals surface area contributed by atoms with Crippen LogP contribution in [0.5, 0.6) is 5.75 Å². The molecule has 2 nitrogen and oxygen atoms in total. The predicted molar refractivity (Wildman–Crippen MR) is 56.4 cm³/mol. The number of anilines is 1. The maximum Gasteiger partial charge on any atom is 0.119 e. The quantitative estimate of drug-likeness (QED) is 0.767. The lowest BCUT2D eigenvalue weighted by Crippen LogP contribution is -2.12. The van der Waals surface area contributed by atoms with Crippen molar-refractivity contribution in [1.29, 1.82) is 0 Å². The molecule has 13 heavy (non-hydrogen) atoms. The van der Waals surface area contributed by atoms with Gasteiger partial charge in [0.2, 0.25) is 0 Å². The fourth-order valence-corrected chi connectivity index (χ4v) is 1.07. The van der Waals surface area contributed by atoms with Gasteiger partial charge in [-0.3, -0.25) is 0 Å². The number of methoxy groups -OCH3 is 1. The topological polar surface area (TPSA) is 21.3 Å². The van der Waals surface area contributed by atoms with Crippen LogP contribution in [0, 0.1) is 0 Å². The summed E-state index contributed by atoms with van der Waals surface area (Å²) in [6.07, 6.45) is 1.13. The molecule has 0 heterocycles. The summed E-state index contributed by atoms with van der Waals surface area (Å²) in [6.45, 7) is 4.34. The van der Waals surface area contributed by atoms with E-state index in [1.54, 1.807) is 7.11 Å². The second-order valence-corrected chi connectivity index (χ2v) is 3.18. The van der Waals surface area contributed by atoms with Crippen LogP contribution >= 0.6 is 0 Å². The van der Waals surface area contributed by atoms with E-state index in [0.717, 1.165) is 17.9 Å². The van der Waals surface area contributed by atoms with E-state index >= 15 is 0 Å². The second kappa shape index (κ2) is 4.75. The highest BCUT2D eigenvalue weighted by molar-refractivity contribution is 5.46. The smallest absolute Gasteiger partial charge is 0.119 e. The largest absolute Gasteiger partial charge is 0.497 e. The first-order valence-corrected chi connectivity index (χ1v) is 4.67. The highest BCUT2D eigenvalue weighted by Gasteiger charge is 1.98. The molecule has 1 atom stereocenters. The van der Waals surface area contributed by atoms with Crippen LogP contribution in [0.4, 0.5) is 5.69 Å². The molecule has 2 heteroatoms. The Hall–Kier alpha value is -1.18. The molecule has 0 unspecified atom stereocenters. The third-order valence-electron chi connectivity index (χ3n) is 2.12. The summed E-state index contributed by atoms with van der Waals surface area (Å²) < 4.78 is 5.07. The van der Waals surface area contributed by atoms with Gasteiger partial charge in [-0.25, -0.2) is 0 Å². The van der Waals surface area contributed by atoms with Gasteiger partial charge in [0, 0.05) is 11.7 Å². The lowest BCUT2D eigenvalue weighted by Gasteiger charge is -2.12. The van der Waals surface area contributed by atoms with Gasteiger partial charge >= 0.3 is 0 Å². The van der Waals surface area contributed by atoms with Crippen LogP contribution in [0.25, 0.3) is 0 Å². The third-order valence-corrected chi connectivity index (χ3v) is 2.12.